The molecule has 1 aliphatic heterocycles. The summed E-state index contributed by atoms with van der Waals surface area (Å²) in [5.41, 5.74) is -4.83. The zero-order chi connectivity index (χ0) is 17.8. The zero-order valence-corrected chi connectivity index (χ0v) is 13.7. The van der Waals surface area contributed by atoms with Gasteiger partial charge in [-0.05, 0) is 25.5 Å². The third-order valence-electron chi connectivity index (χ3n) is 5.78. The molecule has 4 aliphatic rings. The molecule has 0 spiro atoms. The van der Waals surface area contributed by atoms with Crippen LogP contribution in [0.1, 0.15) is 26.3 Å². The second kappa shape index (κ2) is 3.95. The van der Waals surface area contributed by atoms with Crippen LogP contribution in [-0.4, -0.2) is 21.9 Å². The number of hydrogen-bond acceptors (Lipinski definition) is 6. The maximum absolute atomic E-state index is 12.5. The lowest BCUT2D eigenvalue weighted by atomic mass is 9.69. The summed E-state index contributed by atoms with van der Waals surface area (Å²) >= 11 is 0. The van der Waals surface area contributed by atoms with Crippen LogP contribution in [0.5, 0.6) is 0 Å². The summed E-state index contributed by atoms with van der Waals surface area (Å²) in [7, 11) is 0. The quantitative estimate of drug-likeness (QED) is 0.579. The van der Waals surface area contributed by atoms with E-state index in [9.17, 15) is 24.6 Å². The normalized spacial score (nSPS) is 27.5. The van der Waals surface area contributed by atoms with Gasteiger partial charge in [-0.15, -0.1) is 0 Å². The van der Waals surface area contributed by atoms with E-state index in [1.54, 1.807) is 27.7 Å². The van der Waals surface area contributed by atoms with Crippen molar-refractivity contribution in [2.75, 3.05) is 0 Å². The van der Waals surface area contributed by atoms with E-state index in [0.717, 1.165) is 0 Å². The van der Waals surface area contributed by atoms with E-state index in [1.165, 1.54) is 6.07 Å². The van der Waals surface area contributed by atoms with Gasteiger partial charge in [-0.1, -0.05) is 13.8 Å². The Balaban J connectivity index is 2.53. The molecule has 0 aromatic heterocycles. The highest BCUT2D eigenvalue weighted by Gasteiger charge is 2.62. The fraction of sp³-hybridized carbons (Fsp3) is 0.389. The first-order valence-electron chi connectivity index (χ1n) is 7.69. The molecule has 1 saturated heterocycles. The number of aliphatic hydroxyl groups excluding tert-OH is 1. The lowest BCUT2D eigenvalue weighted by Gasteiger charge is -2.36. The molecule has 6 nitrogen and oxygen atoms in total. The Kier molecular flexibility index (Phi) is 2.48. The lowest BCUT2D eigenvalue weighted by molar-refractivity contribution is 0.0113. The summed E-state index contributed by atoms with van der Waals surface area (Å²) < 4.78 is 5.72. The van der Waals surface area contributed by atoms with Crippen molar-refractivity contribution in [2.45, 2.75) is 39.4 Å². The first-order chi connectivity index (χ1) is 11.0. The molecule has 124 valence electrons. The Hall–Kier alpha value is -2.47. The van der Waals surface area contributed by atoms with Gasteiger partial charge in [0.2, 0.25) is 10.9 Å². The summed E-state index contributed by atoms with van der Waals surface area (Å²) in [6.07, 6.45) is -0.513. The van der Waals surface area contributed by atoms with Gasteiger partial charge in [0, 0.05) is 15.9 Å². The lowest BCUT2D eigenvalue weighted by Crippen LogP contribution is -2.53. The topological polar surface area (TPSA) is 101 Å². The second-order valence-electron chi connectivity index (χ2n) is 7.22. The van der Waals surface area contributed by atoms with Crippen LogP contribution in [0.15, 0.2) is 20.4 Å². The second-order valence-corrected chi connectivity index (χ2v) is 7.22. The van der Waals surface area contributed by atoms with E-state index in [2.05, 4.69) is 0 Å². The summed E-state index contributed by atoms with van der Waals surface area (Å²) in [5, 5.41) is 22.1. The fourth-order valence-electron chi connectivity index (χ4n) is 3.95. The number of aliphatic hydroxyl groups is 2. The molecule has 24 heavy (non-hydrogen) atoms. The summed E-state index contributed by atoms with van der Waals surface area (Å²) in [4.78, 5) is 37.0. The van der Waals surface area contributed by atoms with Crippen molar-refractivity contribution in [3.63, 3.8) is 0 Å². The predicted octanol–water partition coefficient (Wildman–Crippen LogP) is -1.36. The molecule has 0 radical (unpaired) electrons. The average molecular weight is 328 g/mol. The molecule has 1 heterocycles. The van der Waals surface area contributed by atoms with Crippen LogP contribution in [0.4, 0.5) is 0 Å². The fourth-order valence-corrected chi connectivity index (χ4v) is 3.95. The van der Waals surface area contributed by atoms with Crippen molar-refractivity contribution in [1.29, 1.82) is 0 Å². The van der Waals surface area contributed by atoms with E-state index in [4.69, 9.17) is 4.74 Å². The molecule has 2 unspecified atom stereocenters. The SMILES string of the molecule is Cc1cc(=O)c2c(=O)c(=O)c3c=2c1=C(O)C1(O)C=3OC(C)C1(C)C. The molecule has 0 bridgehead atoms. The van der Waals surface area contributed by atoms with E-state index in [-0.39, 0.29) is 32.4 Å². The van der Waals surface area contributed by atoms with Gasteiger partial charge in [0.15, 0.2) is 11.0 Å². The van der Waals surface area contributed by atoms with Crippen LogP contribution in [0.3, 0.4) is 0 Å². The van der Waals surface area contributed by atoms with Crippen molar-refractivity contribution < 1.29 is 14.9 Å². The van der Waals surface area contributed by atoms with Crippen molar-refractivity contribution >= 4 is 11.5 Å². The van der Waals surface area contributed by atoms with Crippen molar-refractivity contribution in [3.05, 3.63) is 63.2 Å². The Labute approximate surface area is 135 Å². The molecular weight excluding hydrogens is 312 g/mol. The molecule has 6 heteroatoms. The van der Waals surface area contributed by atoms with Crippen LogP contribution in [0.25, 0.3) is 11.5 Å². The number of fused-ring (bicyclic) bond motifs is 1. The highest BCUT2D eigenvalue weighted by atomic mass is 16.5. The number of ether oxygens (including phenoxy) is 1. The standard InChI is InChI=1S/C18H16O6/c1-6-5-8(19)10-11-9(6)15(22)18(23)16(12(11)14(21)13(10)20)24-7(2)17(18,3)4/h5,7,22-23H,1-4H3. The van der Waals surface area contributed by atoms with E-state index in [0.29, 0.717) is 5.56 Å². The Morgan fingerprint density at radius 3 is 2.25 bits per heavy atom. The van der Waals surface area contributed by atoms with Gasteiger partial charge in [-0.2, -0.15) is 0 Å². The van der Waals surface area contributed by atoms with Crippen molar-refractivity contribution in [3.8, 4) is 0 Å². The molecule has 2 atom stereocenters. The minimum absolute atomic E-state index is 0.0940. The van der Waals surface area contributed by atoms with Crippen LogP contribution in [0.2, 0.25) is 0 Å². The smallest absolute Gasteiger partial charge is 0.238 e. The van der Waals surface area contributed by atoms with Gasteiger partial charge >= 0.3 is 0 Å². The molecular formula is C18H16O6. The van der Waals surface area contributed by atoms with E-state index < -0.39 is 33.4 Å². The largest absolute Gasteiger partial charge is 0.508 e. The Morgan fingerprint density at radius 1 is 1.04 bits per heavy atom. The Morgan fingerprint density at radius 2 is 1.62 bits per heavy atom. The maximum Gasteiger partial charge on any atom is 0.238 e. The molecule has 0 aromatic rings. The van der Waals surface area contributed by atoms with Crippen molar-refractivity contribution in [1.82, 2.24) is 0 Å². The van der Waals surface area contributed by atoms with E-state index in [1.807, 2.05) is 0 Å². The monoisotopic (exact) mass is 328 g/mol. The molecule has 0 aromatic carbocycles. The van der Waals surface area contributed by atoms with Crippen LogP contribution in [-0.2, 0) is 4.74 Å². The number of aryl methyl sites for hydroxylation is 1. The van der Waals surface area contributed by atoms with Crippen LogP contribution >= 0.6 is 0 Å². The summed E-state index contributed by atoms with van der Waals surface area (Å²) in [5.74, 6) is -0.515. The van der Waals surface area contributed by atoms with Gasteiger partial charge < -0.3 is 14.9 Å². The molecule has 2 N–H and O–H groups in total. The molecule has 1 fully saturated rings. The van der Waals surface area contributed by atoms with Gasteiger partial charge in [0.05, 0.1) is 10.4 Å². The predicted molar refractivity (Wildman–Crippen MR) is 85.6 cm³/mol. The first kappa shape index (κ1) is 15.1. The van der Waals surface area contributed by atoms with Crippen LogP contribution < -0.4 is 26.7 Å². The zero-order valence-electron chi connectivity index (χ0n) is 13.7. The Bertz CT molecular complexity index is 1260. The van der Waals surface area contributed by atoms with Gasteiger partial charge in [0.1, 0.15) is 17.6 Å². The number of rotatable bonds is 0. The molecule has 0 amide bonds. The number of hydrogen-bond donors (Lipinski definition) is 2. The molecule has 0 saturated carbocycles. The van der Waals surface area contributed by atoms with E-state index >= 15 is 0 Å². The van der Waals surface area contributed by atoms with Gasteiger partial charge in [0.25, 0.3) is 0 Å². The minimum Gasteiger partial charge on any atom is -0.508 e. The average Bonchev–Trinajstić information content (AvgIpc) is 2.84. The first-order valence-corrected chi connectivity index (χ1v) is 7.69. The van der Waals surface area contributed by atoms with Crippen molar-refractivity contribution in [2.24, 2.45) is 5.41 Å². The molecule has 4 rings (SSSR count). The third kappa shape index (κ3) is 1.27. The van der Waals surface area contributed by atoms with Gasteiger partial charge in [-0.25, -0.2) is 0 Å². The van der Waals surface area contributed by atoms with Gasteiger partial charge in [-0.3, -0.25) is 14.4 Å². The maximum atomic E-state index is 12.5. The molecule has 3 aliphatic carbocycles. The van der Waals surface area contributed by atoms with Crippen LogP contribution in [0, 0.1) is 22.8 Å². The third-order valence-corrected chi connectivity index (χ3v) is 5.78. The highest BCUT2D eigenvalue weighted by Crippen LogP contribution is 2.52. The highest BCUT2D eigenvalue weighted by molar-refractivity contribution is 5.74. The minimum atomic E-state index is -1.93. The summed E-state index contributed by atoms with van der Waals surface area (Å²) in [6.45, 7) is 6.74. The summed E-state index contributed by atoms with van der Waals surface area (Å²) in [6, 6.07) is 1.21.